The molecule has 2 fully saturated rings. The van der Waals surface area contributed by atoms with Gasteiger partial charge in [0.2, 0.25) is 10.0 Å². The third-order valence-corrected chi connectivity index (χ3v) is 7.91. The molecular formula is C22H25N5O3S2. The van der Waals surface area contributed by atoms with Gasteiger partial charge in [-0.1, -0.05) is 11.8 Å². The van der Waals surface area contributed by atoms with Gasteiger partial charge in [-0.05, 0) is 69.9 Å². The summed E-state index contributed by atoms with van der Waals surface area (Å²) in [6.07, 6.45) is 4.67. The number of sulfonamides is 1. The summed E-state index contributed by atoms with van der Waals surface area (Å²) in [6, 6.07) is 8.71. The van der Waals surface area contributed by atoms with Crippen LogP contribution in [0.5, 0.6) is 0 Å². The highest BCUT2D eigenvalue weighted by atomic mass is 32.2. The van der Waals surface area contributed by atoms with E-state index >= 15 is 0 Å². The second kappa shape index (κ2) is 7.86. The molecule has 2 N–H and O–H groups in total. The van der Waals surface area contributed by atoms with E-state index in [1.807, 2.05) is 24.5 Å². The number of Topliss-reactive ketones (excluding diaryl/α,β-unsaturated/α-hetero) is 1. The Morgan fingerprint density at radius 2 is 1.81 bits per heavy atom. The summed E-state index contributed by atoms with van der Waals surface area (Å²) in [4.78, 5) is 13.1. The minimum atomic E-state index is -3.75. The SMILES string of the molecule is Cc1cc(C(=O)CSc2nnc(C3CC3)n2C2CC2)c(C)n1-c1ccc(S(N)(=O)=O)cc1. The van der Waals surface area contributed by atoms with Crippen LogP contribution < -0.4 is 5.14 Å². The Labute approximate surface area is 191 Å². The number of benzene rings is 1. The van der Waals surface area contributed by atoms with Gasteiger partial charge in [0.15, 0.2) is 10.9 Å². The average molecular weight is 472 g/mol. The molecule has 2 heterocycles. The fraction of sp³-hybridized carbons (Fsp3) is 0.409. The molecule has 10 heteroatoms. The molecule has 1 aromatic carbocycles. The lowest BCUT2D eigenvalue weighted by Crippen LogP contribution is -2.12. The molecule has 2 saturated carbocycles. The molecule has 0 bridgehead atoms. The van der Waals surface area contributed by atoms with Crippen LogP contribution in [0.2, 0.25) is 0 Å². The third-order valence-electron chi connectivity index (χ3n) is 6.03. The maximum atomic E-state index is 13.1. The van der Waals surface area contributed by atoms with E-state index < -0.39 is 10.0 Å². The summed E-state index contributed by atoms with van der Waals surface area (Å²) < 4.78 is 27.2. The van der Waals surface area contributed by atoms with Crippen LogP contribution >= 0.6 is 11.8 Å². The number of rotatable bonds is 8. The predicted octanol–water partition coefficient (Wildman–Crippen LogP) is 3.52. The summed E-state index contributed by atoms with van der Waals surface area (Å²) in [5.41, 5.74) is 3.15. The zero-order valence-electron chi connectivity index (χ0n) is 18.0. The Kier molecular flexibility index (Phi) is 5.26. The van der Waals surface area contributed by atoms with Crippen molar-refractivity contribution < 1.29 is 13.2 Å². The van der Waals surface area contributed by atoms with Crippen molar-refractivity contribution in [3.05, 3.63) is 53.1 Å². The molecule has 5 rings (SSSR count). The minimum absolute atomic E-state index is 0.0359. The van der Waals surface area contributed by atoms with Gasteiger partial charge in [0.25, 0.3) is 0 Å². The number of carbonyl (C=O) groups excluding carboxylic acids is 1. The fourth-order valence-corrected chi connectivity index (χ4v) is 5.53. The Morgan fingerprint density at radius 1 is 1.12 bits per heavy atom. The van der Waals surface area contributed by atoms with E-state index in [2.05, 4.69) is 14.8 Å². The Bertz CT molecular complexity index is 1300. The summed E-state index contributed by atoms with van der Waals surface area (Å²) >= 11 is 1.46. The average Bonchev–Trinajstić information content (AvgIpc) is 3.68. The van der Waals surface area contributed by atoms with Gasteiger partial charge in [0.1, 0.15) is 5.82 Å². The quantitative estimate of drug-likeness (QED) is 0.397. The number of primary sulfonamides is 1. The number of aryl methyl sites for hydroxylation is 1. The second-order valence-electron chi connectivity index (χ2n) is 8.59. The number of nitrogens with zero attached hydrogens (tertiary/aromatic N) is 4. The summed E-state index contributed by atoms with van der Waals surface area (Å²) in [7, 11) is -3.75. The standard InChI is InChI=1S/C22H25N5O3S2/c1-13-11-19(14(2)26(13)16-7-9-18(10-8-16)32(23,29)30)20(28)12-31-22-25-24-21(15-3-4-15)27(22)17-5-6-17/h7-11,15,17H,3-6,12H2,1-2H3,(H2,23,29,30). The molecule has 0 radical (unpaired) electrons. The number of ketones is 1. The van der Waals surface area contributed by atoms with Crippen molar-refractivity contribution in [3.8, 4) is 5.69 Å². The molecule has 0 spiro atoms. The normalized spacial score (nSPS) is 16.5. The van der Waals surface area contributed by atoms with Crippen LogP contribution in [0.15, 0.2) is 40.4 Å². The van der Waals surface area contributed by atoms with Crippen LogP contribution in [0.3, 0.4) is 0 Å². The minimum Gasteiger partial charge on any atom is -0.318 e. The molecule has 168 valence electrons. The van der Waals surface area contributed by atoms with Gasteiger partial charge < -0.3 is 9.13 Å². The summed E-state index contributed by atoms with van der Waals surface area (Å²) in [5.74, 6) is 1.95. The van der Waals surface area contributed by atoms with E-state index in [1.165, 1.54) is 36.7 Å². The number of hydrogen-bond acceptors (Lipinski definition) is 6. The topological polar surface area (TPSA) is 113 Å². The first kappa shape index (κ1) is 21.4. The molecule has 2 aliphatic carbocycles. The molecule has 0 unspecified atom stereocenters. The lowest BCUT2D eigenvalue weighted by Gasteiger charge is -2.11. The van der Waals surface area contributed by atoms with Crippen LogP contribution in [0.4, 0.5) is 0 Å². The molecule has 8 nitrogen and oxygen atoms in total. The van der Waals surface area contributed by atoms with Gasteiger partial charge in [0.05, 0.1) is 10.6 Å². The highest BCUT2D eigenvalue weighted by Crippen LogP contribution is 2.46. The molecule has 0 atom stereocenters. The van der Waals surface area contributed by atoms with Gasteiger partial charge in [-0.2, -0.15) is 0 Å². The van der Waals surface area contributed by atoms with Crippen molar-refractivity contribution in [2.75, 3.05) is 5.75 Å². The van der Waals surface area contributed by atoms with E-state index in [4.69, 9.17) is 5.14 Å². The van der Waals surface area contributed by atoms with Crippen molar-refractivity contribution in [2.24, 2.45) is 5.14 Å². The number of carbonyl (C=O) groups is 1. The number of hydrogen-bond donors (Lipinski definition) is 1. The van der Waals surface area contributed by atoms with E-state index in [0.717, 1.165) is 40.9 Å². The van der Waals surface area contributed by atoms with Crippen LogP contribution in [0.1, 0.15) is 65.2 Å². The lowest BCUT2D eigenvalue weighted by atomic mass is 10.2. The first-order valence-corrected chi connectivity index (χ1v) is 13.2. The monoisotopic (exact) mass is 471 g/mol. The van der Waals surface area contributed by atoms with Crippen LogP contribution in [-0.2, 0) is 10.0 Å². The highest BCUT2D eigenvalue weighted by Gasteiger charge is 2.36. The molecule has 0 saturated heterocycles. The van der Waals surface area contributed by atoms with E-state index in [1.54, 1.807) is 12.1 Å². The fourth-order valence-electron chi connectivity index (χ4n) is 4.12. The lowest BCUT2D eigenvalue weighted by molar-refractivity contribution is 0.102. The van der Waals surface area contributed by atoms with E-state index in [-0.39, 0.29) is 10.7 Å². The molecule has 3 aromatic rings. The van der Waals surface area contributed by atoms with E-state index in [9.17, 15) is 13.2 Å². The van der Waals surface area contributed by atoms with Crippen molar-refractivity contribution in [1.29, 1.82) is 0 Å². The second-order valence-corrected chi connectivity index (χ2v) is 11.1. The maximum absolute atomic E-state index is 13.1. The number of nitrogens with two attached hydrogens (primary N) is 1. The summed E-state index contributed by atoms with van der Waals surface area (Å²) in [5, 5.41) is 14.8. The van der Waals surface area contributed by atoms with Crippen LogP contribution in [-0.4, -0.2) is 39.3 Å². The first-order valence-electron chi connectivity index (χ1n) is 10.7. The van der Waals surface area contributed by atoms with Crippen molar-refractivity contribution >= 4 is 27.6 Å². The maximum Gasteiger partial charge on any atom is 0.238 e. The Morgan fingerprint density at radius 3 is 2.41 bits per heavy atom. The van der Waals surface area contributed by atoms with Crippen LogP contribution in [0, 0.1) is 13.8 Å². The Balaban J connectivity index is 1.35. The summed E-state index contributed by atoms with van der Waals surface area (Å²) in [6.45, 7) is 3.83. The molecule has 32 heavy (non-hydrogen) atoms. The van der Waals surface area contributed by atoms with Crippen molar-refractivity contribution in [2.45, 2.75) is 61.5 Å². The molecular weight excluding hydrogens is 446 g/mol. The van der Waals surface area contributed by atoms with Crippen molar-refractivity contribution in [1.82, 2.24) is 19.3 Å². The van der Waals surface area contributed by atoms with Gasteiger partial charge in [0, 0.05) is 34.6 Å². The third kappa shape index (κ3) is 4.02. The molecule has 2 aromatic heterocycles. The van der Waals surface area contributed by atoms with Gasteiger partial charge in [-0.25, -0.2) is 13.6 Å². The highest BCUT2D eigenvalue weighted by molar-refractivity contribution is 7.99. The number of thioether (sulfide) groups is 1. The smallest absolute Gasteiger partial charge is 0.238 e. The molecule has 0 amide bonds. The largest absolute Gasteiger partial charge is 0.318 e. The molecule has 2 aliphatic rings. The first-order chi connectivity index (χ1) is 15.2. The van der Waals surface area contributed by atoms with Gasteiger partial charge in [-0.15, -0.1) is 10.2 Å². The van der Waals surface area contributed by atoms with E-state index in [0.29, 0.717) is 23.3 Å². The zero-order valence-corrected chi connectivity index (χ0v) is 19.6. The number of aromatic nitrogens is 4. The zero-order chi connectivity index (χ0) is 22.6. The van der Waals surface area contributed by atoms with Crippen molar-refractivity contribution in [3.63, 3.8) is 0 Å². The molecule has 0 aliphatic heterocycles. The van der Waals surface area contributed by atoms with Gasteiger partial charge >= 0.3 is 0 Å². The van der Waals surface area contributed by atoms with Gasteiger partial charge in [-0.3, -0.25) is 4.79 Å². The van der Waals surface area contributed by atoms with Crippen LogP contribution in [0.25, 0.3) is 5.69 Å². The Hall–Kier alpha value is -2.43. The predicted molar refractivity (Wildman–Crippen MR) is 122 cm³/mol.